The topological polar surface area (TPSA) is 69.7 Å². The fourth-order valence-corrected chi connectivity index (χ4v) is 1.29. The highest BCUT2D eigenvalue weighted by Gasteiger charge is 2.11. The van der Waals surface area contributed by atoms with Gasteiger partial charge in [-0.1, -0.05) is 13.3 Å². The summed E-state index contributed by atoms with van der Waals surface area (Å²) >= 11 is 0. The van der Waals surface area contributed by atoms with Crippen molar-refractivity contribution >= 4 is 6.01 Å². The van der Waals surface area contributed by atoms with E-state index in [1.807, 2.05) is 4.90 Å². The number of rotatable bonds is 7. The molecule has 0 saturated heterocycles. The average Bonchev–Trinajstić information content (AvgIpc) is 2.72. The highest BCUT2D eigenvalue weighted by atomic mass is 16.4. The van der Waals surface area contributed by atoms with Gasteiger partial charge in [-0.2, -0.15) is 4.98 Å². The van der Waals surface area contributed by atoms with Gasteiger partial charge in [0, 0.05) is 13.1 Å². The Morgan fingerprint density at radius 1 is 1.40 bits per heavy atom. The Bertz CT molecular complexity index is 275. The van der Waals surface area contributed by atoms with Crippen LogP contribution >= 0.6 is 0 Å². The molecule has 0 amide bonds. The van der Waals surface area contributed by atoms with E-state index in [1.165, 1.54) is 6.26 Å². The lowest BCUT2D eigenvalue weighted by atomic mass is 10.3. The summed E-state index contributed by atoms with van der Waals surface area (Å²) in [5.74, 6) is 0. The Morgan fingerprint density at radius 3 is 2.73 bits per heavy atom. The van der Waals surface area contributed by atoms with Crippen LogP contribution in [0.15, 0.2) is 10.7 Å². The van der Waals surface area contributed by atoms with Crippen LogP contribution in [0.3, 0.4) is 0 Å². The van der Waals surface area contributed by atoms with Gasteiger partial charge in [-0.05, 0) is 6.42 Å². The molecule has 0 bridgehead atoms. The second-order valence-electron chi connectivity index (χ2n) is 3.34. The first-order valence-corrected chi connectivity index (χ1v) is 5.22. The first-order chi connectivity index (χ1) is 7.31. The van der Waals surface area contributed by atoms with Gasteiger partial charge in [0.15, 0.2) is 0 Å². The molecular weight excluding hydrogens is 196 g/mol. The van der Waals surface area contributed by atoms with E-state index in [2.05, 4.69) is 11.9 Å². The maximum Gasteiger partial charge on any atom is 0.297 e. The summed E-state index contributed by atoms with van der Waals surface area (Å²) in [5, 5.41) is 17.7. The lowest BCUT2D eigenvalue weighted by Crippen LogP contribution is -2.28. The SMILES string of the molecule is CCCCN(CCO)c1nc(CO)co1. The summed E-state index contributed by atoms with van der Waals surface area (Å²) < 4.78 is 5.21. The van der Waals surface area contributed by atoms with Crippen molar-refractivity contribution < 1.29 is 14.6 Å². The second-order valence-corrected chi connectivity index (χ2v) is 3.34. The van der Waals surface area contributed by atoms with Gasteiger partial charge in [0.2, 0.25) is 0 Å². The highest BCUT2D eigenvalue weighted by Crippen LogP contribution is 2.14. The summed E-state index contributed by atoms with van der Waals surface area (Å²) in [6.07, 6.45) is 3.54. The highest BCUT2D eigenvalue weighted by molar-refractivity contribution is 5.26. The van der Waals surface area contributed by atoms with Crippen LogP contribution in [0.2, 0.25) is 0 Å². The third kappa shape index (κ3) is 3.53. The minimum atomic E-state index is -0.121. The molecule has 5 nitrogen and oxygen atoms in total. The van der Waals surface area contributed by atoms with Crippen LogP contribution in [0.5, 0.6) is 0 Å². The number of hydrogen-bond acceptors (Lipinski definition) is 5. The smallest absolute Gasteiger partial charge is 0.297 e. The van der Waals surface area contributed by atoms with Crippen molar-refractivity contribution in [2.75, 3.05) is 24.6 Å². The van der Waals surface area contributed by atoms with Crippen LogP contribution in [0.1, 0.15) is 25.5 Å². The molecule has 15 heavy (non-hydrogen) atoms. The number of aromatic nitrogens is 1. The van der Waals surface area contributed by atoms with E-state index < -0.39 is 0 Å². The lowest BCUT2D eigenvalue weighted by Gasteiger charge is -2.18. The van der Waals surface area contributed by atoms with E-state index in [4.69, 9.17) is 14.6 Å². The molecule has 1 heterocycles. The third-order valence-electron chi connectivity index (χ3n) is 2.12. The van der Waals surface area contributed by atoms with Gasteiger partial charge in [-0.15, -0.1) is 0 Å². The van der Waals surface area contributed by atoms with Crippen molar-refractivity contribution in [3.05, 3.63) is 12.0 Å². The fraction of sp³-hybridized carbons (Fsp3) is 0.700. The first-order valence-electron chi connectivity index (χ1n) is 5.22. The van der Waals surface area contributed by atoms with Crippen LogP contribution in [0.4, 0.5) is 6.01 Å². The number of aliphatic hydroxyl groups excluding tert-OH is 2. The van der Waals surface area contributed by atoms with E-state index in [9.17, 15) is 0 Å². The Hall–Kier alpha value is -1.07. The normalized spacial score (nSPS) is 10.6. The lowest BCUT2D eigenvalue weighted by molar-refractivity contribution is 0.276. The molecule has 2 N–H and O–H groups in total. The Morgan fingerprint density at radius 2 is 2.20 bits per heavy atom. The summed E-state index contributed by atoms with van der Waals surface area (Å²) in [6, 6.07) is 0.474. The monoisotopic (exact) mass is 214 g/mol. The minimum absolute atomic E-state index is 0.0700. The van der Waals surface area contributed by atoms with Crippen LogP contribution in [-0.2, 0) is 6.61 Å². The van der Waals surface area contributed by atoms with Crippen LogP contribution in [0.25, 0.3) is 0 Å². The Labute approximate surface area is 89.3 Å². The maximum absolute atomic E-state index is 8.90. The predicted molar refractivity (Wildman–Crippen MR) is 56.6 cm³/mol. The van der Waals surface area contributed by atoms with E-state index in [1.54, 1.807) is 0 Å². The minimum Gasteiger partial charge on any atom is -0.432 e. The average molecular weight is 214 g/mol. The summed E-state index contributed by atoms with van der Waals surface area (Å²) in [4.78, 5) is 5.98. The van der Waals surface area contributed by atoms with Gasteiger partial charge < -0.3 is 19.5 Å². The molecule has 0 saturated carbocycles. The van der Waals surface area contributed by atoms with E-state index in [0.717, 1.165) is 19.4 Å². The molecule has 0 aliphatic heterocycles. The molecule has 0 fully saturated rings. The number of nitrogens with zero attached hydrogens (tertiary/aromatic N) is 2. The third-order valence-corrected chi connectivity index (χ3v) is 2.12. The van der Waals surface area contributed by atoms with Crippen molar-refractivity contribution in [3.8, 4) is 0 Å². The molecule has 86 valence electrons. The zero-order valence-corrected chi connectivity index (χ0v) is 9.02. The predicted octanol–water partition coefficient (Wildman–Crippen LogP) is 0.766. The molecule has 0 aliphatic rings. The van der Waals surface area contributed by atoms with Crippen LogP contribution < -0.4 is 4.90 Å². The second kappa shape index (κ2) is 6.42. The van der Waals surface area contributed by atoms with Gasteiger partial charge in [-0.3, -0.25) is 0 Å². The molecule has 1 aromatic heterocycles. The van der Waals surface area contributed by atoms with E-state index in [-0.39, 0.29) is 13.2 Å². The molecule has 0 spiro atoms. The van der Waals surface area contributed by atoms with Crippen LogP contribution in [0, 0.1) is 0 Å². The summed E-state index contributed by atoms with van der Waals surface area (Å²) in [7, 11) is 0. The van der Waals surface area contributed by atoms with Crippen molar-refractivity contribution in [3.63, 3.8) is 0 Å². The molecule has 5 heteroatoms. The largest absolute Gasteiger partial charge is 0.432 e. The summed E-state index contributed by atoms with van der Waals surface area (Å²) in [6.45, 7) is 3.37. The van der Waals surface area contributed by atoms with Gasteiger partial charge in [0.05, 0.1) is 13.2 Å². The zero-order chi connectivity index (χ0) is 11.1. The Kier molecular flexibility index (Phi) is 5.14. The van der Waals surface area contributed by atoms with Gasteiger partial charge >= 0.3 is 0 Å². The molecule has 0 aliphatic carbocycles. The molecule has 0 unspecified atom stereocenters. The quantitative estimate of drug-likeness (QED) is 0.701. The molecule has 1 aromatic rings. The standard InChI is InChI=1S/C10H18N2O3/c1-2-3-4-12(5-6-13)10-11-9(7-14)8-15-10/h8,13-14H,2-7H2,1H3. The Balaban J connectivity index is 2.60. The van der Waals surface area contributed by atoms with E-state index >= 15 is 0 Å². The van der Waals surface area contributed by atoms with Crippen molar-refractivity contribution in [2.24, 2.45) is 0 Å². The van der Waals surface area contributed by atoms with Gasteiger partial charge in [0.25, 0.3) is 6.01 Å². The molecule has 0 aromatic carbocycles. The van der Waals surface area contributed by atoms with Crippen molar-refractivity contribution in [1.82, 2.24) is 4.98 Å². The molecular formula is C10H18N2O3. The van der Waals surface area contributed by atoms with Gasteiger partial charge in [0.1, 0.15) is 12.0 Å². The van der Waals surface area contributed by atoms with Crippen LogP contribution in [-0.4, -0.2) is 34.9 Å². The number of anilines is 1. The first kappa shape index (κ1) is 12.0. The number of aliphatic hydroxyl groups is 2. The zero-order valence-electron chi connectivity index (χ0n) is 9.02. The van der Waals surface area contributed by atoms with E-state index in [0.29, 0.717) is 18.3 Å². The number of oxazole rings is 1. The maximum atomic E-state index is 8.90. The number of unbranched alkanes of at least 4 members (excludes halogenated alkanes) is 1. The number of hydrogen-bond donors (Lipinski definition) is 2. The van der Waals surface area contributed by atoms with Crippen molar-refractivity contribution in [1.29, 1.82) is 0 Å². The van der Waals surface area contributed by atoms with Gasteiger partial charge in [-0.25, -0.2) is 0 Å². The van der Waals surface area contributed by atoms with Crippen molar-refractivity contribution in [2.45, 2.75) is 26.4 Å². The molecule has 0 radical (unpaired) electrons. The molecule has 1 rings (SSSR count). The summed E-state index contributed by atoms with van der Waals surface area (Å²) in [5.41, 5.74) is 0.518. The molecule has 0 atom stereocenters. The fourth-order valence-electron chi connectivity index (χ4n) is 1.29.